The Hall–Kier alpha value is -1.63. The van der Waals surface area contributed by atoms with Crippen LogP contribution in [0.3, 0.4) is 0 Å². The molecule has 0 radical (unpaired) electrons. The van der Waals surface area contributed by atoms with Gasteiger partial charge in [0.15, 0.2) is 0 Å². The Morgan fingerprint density at radius 2 is 1.89 bits per heavy atom. The molecule has 2 N–H and O–H groups in total. The summed E-state index contributed by atoms with van der Waals surface area (Å²) in [5.74, 6) is -2.18. The van der Waals surface area contributed by atoms with Gasteiger partial charge in [0, 0.05) is 14.2 Å². The van der Waals surface area contributed by atoms with Crippen LogP contribution in [0, 0.1) is 5.92 Å². The van der Waals surface area contributed by atoms with Crippen molar-refractivity contribution in [3.63, 3.8) is 0 Å². The molecule has 0 heterocycles. The average Bonchev–Trinajstić information content (AvgIpc) is 2.25. The van der Waals surface area contributed by atoms with Crippen molar-refractivity contribution in [1.82, 2.24) is 10.2 Å². The number of amides is 2. The normalized spacial score (nSPS) is 12.1. The van der Waals surface area contributed by atoms with Gasteiger partial charge in [-0.3, -0.25) is 9.59 Å². The van der Waals surface area contributed by atoms with Crippen molar-refractivity contribution in [2.24, 2.45) is 5.92 Å². The summed E-state index contributed by atoms with van der Waals surface area (Å²) in [6.45, 7) is 3.08. The summed E-state index contributed by atoms with van der Waals surface area (Å²) in [4.78, 5) is 35.0. The molecule has 7 heteroatoms. The van der Waals surface area contributed by atoms with Crippen molar-refractivity contribution >= 4 is 17.8 Å². The lowest BCUT2D eigenvalue weighted by atomic mass is 10.0. The van der Waals surface area contributed by atoms with E-state index in [0.29, 0.717) is 0 Å². The van der Waals surface area contributed by atoms with Crippen LogP contribution in [0.4, 0.5) is 0 Å². The summed E-state index contributed by atoms with van der Waals surface area (Å²) >= 11 is 0. The first-order chi connectivity index (χ1) is 8.29. The molecule has 2 amide bonds. The predicted molar refractivity (Wildman–Crippen MR) is 63.9 cm³/mol. The topological polar surface area (TPSA) is 95.9 Å². The average molecular weight is 260 g/mol. The van der Waals surface area contributed by atoms with Crippen molar-refractivity contribution < 1.29 is 24.2 Å². The van der Waals surface area contributed by atoms with Gasteiger partial charge in [0.25, 0.3) is 0 Å². The van der Waals surface area contributed by atoms with Crippen molar-refractivity contribution in [2.75, 3.05) is 27.3 Å². The van der Waals surface area contributed by atoms with E-state index in [4.69, 9.17) is 5.11 Å². The van der Waals surface area contributed by atoms with Gasteiger partial charge in [0.2, 0.25) is 11.8 Å². The molecule has 0 spiro atoms. The van der Waals surface area contributed by atoms with E-state index in [1.54, 1.807) is 13.8 Å². The molecular formula is C11H20N2O5. The highest BCUT2D eigenvalue weighted by Gasteiger charge is 2.24. The molecule has 18 heavy (non-hydrogen) atoms. The fourth-order valence-electron chi connectivity index (χ4n) is 1.27. The Labute approximate surface area is 106 Å². The number of likely N-dealkylation sites (N-methyl/N-ethyl adjacent to an activating group) is 1. The van der Waals surface area contributed by atoms with E-state index < -0.39 is 17.9 Å². The molecule has 0 fully saturated rings. The second-order valence-corrected chi connectivity index (χ2v) is 4.31. The standard InChI is InChI=1S/C11H20N2O5/c1-7(2)10(11(16)17)12-8(14)5-13(3)9(15)6-18-4/h7,10H,5-6H2,1-4H3,(H,12,14)(H,16,17)/t10-/m1/s1. The van der Waals surface area contributed by atoms with E-state index in [9.17, 15) is 14.4 Å². The van der Waals surface area contributed by atoms with Gasteiger partial charge in [0.1, 0.15) is 12.6 Å². The van der Waals surface area contributed by atoms with Gasteiger partial charge in [-0.05, 0) is 5.92 Å². The molecule has 0 unspecified atom stereocenters. The molecule has 0 saturated carbocycles. The lowest BCUT2D eigenvalue weighted by Gasteiger charge is -2.21. The van der Waals surface area contributed by atoms with E-state index in [1.165, 1.54) is 19.1 Å². The van der Waals surface area contributed by atoms with Crippen LogP contribution in [-0.4, -0.2) is 61.1 Å². The van der Waals surface area contributed by atoms with Crippen LogP contribution in [0.1, 0.15) is 13.8 Å². The smallest absolute Gasteiger partial charge is 0.326 e. The second-order valence-electron chi connectivity index (χ2n) is 4.31. The highest BCUT2D eigenvalue weighted by Crippen LogP contribution is 2.01. The lowest BCUT2D eigenvalue weighted by Crippen LogP contribution is -2.48. The third-order valence-corrected chi connectivity index (χ3v) is 2.32. The van der Waals surface area contributed by atoms with Crippen molar-refractivity contribution in [3.8, 4) is 0 Å². The van der Waals surface area contributed by atoms with Crippen LogP contribution in [0.15, 0.2) is 0 Å². The minimum Gasteiger partial charge on any atom is -0.480 e. The van der Waals surface area contributed by atoms with Gasteiger partial charge < -0.3 is 20.1 Å². The zero-order chi connectivity index (χ0) is 14.3. The molecule has 0 aromatic carbocycles. The van der Waals surface area contributed by atoms with Gasteiger partial charge in [-0.1, -0.05) is 13.8 Å². The molecule has 104 valence electrons. The second kappa shape index (κ2) is 7.65. The van der Waals surface area contributed by atoms with Gasteiger partial charge in [-0.15, -0.1) is 0 Å². The summed E-state index contributed by atoms with van der Waals surface area (Å²) in [7, 11) is 2.83. The number of carboxylic acids is 1. The summed E-state index contributed by atoms with van der Waals surface area (Å²) in [6.07, 6.45) is 0. The van der Waals surface area contributed by atoms with E-state index in [1.807, 2.05) is 0 Å². The molecule has 0 aliphatic rings. The number of methoxy groups -OCH3 is 1. The van der Waals surface area contributed by atoms with E-state index >= 15 is 0 Å². The molecule has 0 aromatic heterocycles. The van der Waals surface area contributed by atoms with Crippen LogP contribution in [0.25, 0.3) is 0 Å². The Bertz CT molecular complexity index is 317. The third kappa shape index (κ3) is 5.62. The molecule has 1 atom stereocenters. The fraction of sp³-hybridized carbons (Fsp3) is 0.727. The summed E-state index contributed by atoms with van der Waals surface area (Å²) in [5, 5.41) is 11.3. The monoisotopic (exact) mass is 260 g/mol. The van der Waals surface area contributed by atoms with Crippen LogP contribution in [-0.2, 0) is 19.1 Å². The zero-order valence-electron chi connectivity index (χ0n) is 11.1. The number of nitrogens with one attached hydrogen (secondary N) is 1. The minimum atomic E-state index is -1.09. The van der Waals surface area contributed by atoms with Gasteiger partial charge in [0.05, 0.1) is 6.54 Å². The fourth-order valence-corrected chi connectivity index (χ4v) is 1.27. The first-order valence-electron chi connectivity index (χ1n) is 5.54. The number of rotatable bonds is 7. The Morgan fingerprint density at radius 1 is 1.33 bits per heavy atom. The maximum atomic E-state index is 11.6. The van der Waals surface area contributed by atoms with Crippen LogP contribution >= 0.6 is 0 Å². The SMILES string of the molecule is COCC(=O)N(C)CC(=O)N[C@@H](C(=O)O)C(C)C. The first-order valence-corrected chi connectivity index (χ1v) is 5.54. The third-order valence-electron chi connectivity index (χ3n) is 2.32. The molecule has 0 rings (SSSR count). The summed E-state index contributed by atoms with van der Waals surface area (Å²) < 4.78 is 4.65. The van der Waals surface area contributed by atoms with Gasteiger partial charge in [-0.2, -0.15) is 0 Å². The maximum absolute atomic E-state index is 11.6. The number of nitrogens with zero attached hydrogens (tertiary/aromatic N) is 1. The van der Waals surface area contributed by atoms with Gasteiger partial charge in [-0.25, -0.2) is 4.79 Å². The van der Waals surface area contributed by atoms with Crippen LogP contribution < -0.4 is 5.32 Å². The molecule has 0 aromatic rings. The number of carbonyl (C=O) groups excluding carboxylic acids is 2. The van der Waals surface area contributed by atoms with Gasteiger partial charge >= 0.3 is 5.97 Å². The van der Waals surface area contributed by atoms with E-state index in [0.717, 1.165) is 0 Å². The largest absolute Gasteiger partial charge is 0.480 e. The Balaban J connectivity index is 4.33. The van der Waals surface area contributed by atoms with Crippen molar-refractivity contribution in [3.05, 3.63) is 0 Å². The van der Waals surface area contributed by atoms with Crippen molar-refractivity contribution in [2.45, 2.75) is 19.9 Å². The number of hydrogen-bond donors (Lipinski definition) is 2. The van der Waals surface area contributed by atoms with E-state index in [2.05, 4.69) is 10.1 Å². The minimum absolute atomic E-state index is 0.115. The highest BCUT2D eigenvalue weighted by atomic mass is 16.5. The molecule has 7 nitrogen and oxygen atoms in total. The summed E-state index contributed by atoms with van der Waals surface area (Å²) in [6, 6.07) is -0.955. The summed E-state index contributed by atoms with van der Waals surface area (Å²) in [5.41, 5.74) is 0. The molecule has 0 aliphatic heterocycles. The first kappa shape index (κ1) is 16.4. The van der Waals surface area contributed by atoms with E-state index in [-0.39, 0.29) is 25.0 Å². The number of aliphatic carboxylic acids is 1. The quantitative estimate of drug-likeness (QED) is 0.632. The number of ether oxygens (including phenoxy) is 1. The molecule has 0 saturated heterocycles. The highest BCUT2D eigenvalue weighted by molar-refractivity contribution is 5.88. The predicted octanol–water partition coefficient (Wildman–Crippen LogP) is -0.683. The maximum Gasteiger partial charge on any atom is 0.326 e. The zero-order valence-corrected chi connectivity index (χ0v) is 11.1. The molecule has 0 bridgehead atoms. The molecular weight excluding hydrogens is 240 g/mol. The van der Waals surface area contributed by atoms with Crippen molar-refractivity contribution in [1.29, 1.82) is 0 Å². The Morgan fingerprint density at radius 3 is 2.28 bits per heavy atom. The molecule has 0 aliphatic carbocycles. The van der Waals surface area contributed by atoms with Crippen LogP contribution in [0.5, 0.6) is 0 Å². The van der Waals surface area contributed by atoms with Crippen LogP contribution in [0.2, 0.25) is 0 Å². The number of carboxylic acid groups (broad SMARTS) is 1. The Kier molecular flexibility index (Phi) is 6.96. The number of carbonyl (C=O) groups is 3. The number of hydrogen-bond acceptors (Lipinski definition) is 4. The lowest BCUT2D eigenvalue weighted by molar-refractivity contribution is -0.144.